The maximum Gasteiger partial charge on any atom is 0.260 e. The zero-order valence-electron chi connectivity index (χ0n) is 12.7. The predicted octanol–water partition coefficient (Wildman–Crippen LogP) is 1.69. The lowest BCUT2D eigenvalue weighted by atomic mass is 9.99. The zero-order valence-corrected chi connectivity index (χ0v) is 12.7. The van der Waals surface area contributed by atoms with Crippen LogP contribution in [0.1, 0.15) is 19.8 Å². The fourth-order valence-corrected chi connectivity index (χ4v) is 2.38. The molecule has 0 unspecified atom stereocenters. The van der Waals surface area contributed by atoms with Crippen molar-refractivity contribution in [3.05, 3.63) is 24.3 Å². The van der Waals surface area contributed by atoms with E-state index in [4.69, 9.17) is 10.5 Å². The van der Waals surface area contributed by atoms with Gasteiger partial charge in [0.25, 0.3) is 5.91 Å². The molecule has 1 aromatic rings. The van der Waals surface area contributed by atoms with Crippen LogP contribution in [0.3, 0.4) is 0 Å². The molecule has 0 aromatic heterocycles. The van der Waals surface area contributed by atoms with Gasteiger partial charge >= 0.3 is 0 Å². The van der Waals surface area contributed by atoms with Gasteiger partial charge in [-0.3, -0.25) is 4.79 Å². The number of hydrogen-bond acceptors (Lipinski definition) is 4. The minimum absolute atomic E-state index is 0.0761. The Kier molecular flexibility index (Phi) is 5.87. The van der Waals surface area contributed by atoms with Crippen LogP contribution in [0.4, 0.5) is 5.69 Å². The molecule has 1 saturated heterocycles. The van der Waals surface area contributed by atoms with Gasteiger partial charge in [-0.1, -0.05) is 6.92 Å². The maximum atomic E-state index is 12.1. The first-order chi connectivity index (χ1) is 10.2. The molecule has 0 spiro atoms. The van der Waals surface area contributed by atoms with Crippen molar-refractivity contribution < 1.29 is 9.53 Å². The van der Waals surface area contributed by atoms with Crippen LogP contribution >= 0.6 is 0 Å². The number of piperidine rings is 1. The van der Waals surface area contributed by atoms with Gasteiger partial charge in [-0.15, -0.1) is 0 Å². The maximum absolute atomic E-state index is 12.1. The highest BCUT2D eigenvalue weighted by Gasteiger charge is 2.20. The number of amides is 1. The van der Waals surface area contributed by atoms with Gasteiger partial charge in [-0.05, 0) is 43.0 Å². The van der Waals surface area contributed by atoms with E-state index in [1.54, 1.807) is 0 Å². The standard InChI is InChI=1S/C16H25N3O2/c1-13-6-10-19(11-7-13)16(20)12-21-15-4-2-14(3-5-15)18-9-8-17/h2-5,13,18H,6-12,17H2,1H3. The molecule has 5 heteroatoms. The summed E-state index contributed by atoms with van der Waals surface area (Å²) in [4.78, 5) is 14.0. The van der Waals surface area contributed by atoms with Gasteiger partial charge in [0.15, 0.2) is 6.61 Å². The van der Waals surface area contributed by atoms with E-state index in [1.165, 1.54) is 0 Å². The van der Waals surface area contributed by atoms with Crippen molar-refractivity contribution in [2.75, 3.05) is 38.1 Å². The second-order valence-corrected chi connectivity index (χ2v) is 5.59. The molecule has 1 fully saturated rings. The van der Waals surface area contributed by atoms with E-state index in [1.807, 2.05) is 29.2 Å². The Balaban J connectivity index is 1.75. The average molecular weight is 291 g/mol. The molecular formula is C16H25N3O2. The first kappa shape index (κ1) is 15.6. The first-order valence-corrected chi connectivity index (χ1v) is 7.63. The summed E-state index contributed by atoms with van der Waals surface area (Å²) in [7, 11) is 0. The number of nitrogens with one attached hydrogen (secondary N) is 1. The van der Waals surface area contributed by atoms with E-state index >= 15 is 0 Å². The van der Waals surface area contributed by atoms with E-state index in [9.17, 15) is 4.79 Å². The number of benzene rings is 1. The highest BCUT2D eigenvalue weighted by molar-refractivity contribution is 5.77. The number of hydrogen-bond donors (Lipinski definition) is 2. The van der Waals surface area contributed by atoms with Gasteiger partial charge in [0.2, 0.25) is 0 Å². The van der Waals surface area contributed by atoms with E-state index < -0.39 is 0 Å². The van der Waals surface area contributed by atoms with Crippen molar-refractivity contribution in [1.82, 2.24) is 4.90 Å². The summed E-state index contributed by atoms with van der Waals surface area (Å²) >= 11 is 0. The van der Waals surface area contributed by atoms with Crippen LogP contribution in [0, 0.1) is 5.92 Å². The average Bonchev–Trinajstić information content (AvgIpc) is 2.52. The van der Waals surface area contributed by atoms with Crippen LogP contribution in [0.2, 0.25) is 0 Å². The number of nitrogens with two attached hydrogens (primary N) is 1. The van der Waals surface area contributed by atoms with Gasteiger partial charge < -0.3 is 20.7 Å². The number of rotatable bonds is 6. The molecule has 2 rings (SSSR count). The number of anilines is 1. The number of likely N-dealkylation sites (tertiary alicyclic amines) is 1. The fourth-order valence-electron chi connectivity index (χ4n) is 2.38. The van der Waals surface area contributed by atoms with Crippen LogP contribution < -0.4 is 15.8 Å². The summed E-state index contributed by atoms with van der Waals surface area (Å²) in [6.07, 6.45) is 2.18. The Morgan fingerprint density at radius 3 is 2.62 bits per heavy atom. The molecule has 3 N–H and O–H groups in total. The molecule has 0 saturated carbocycles. The normalized spacial score (nSPS) is 15.8. The summed E-state index contributed by atoms with van der Waals surface area (Å²) in [5.74, 6) is 1.52. The van der Waals surface area contributed by atoms with Crippen molar-refractivity contribution in [3.8, 4) is 5.75 Å². The van der Waals surface area contributed by atoms with Crippen molar-refractivity contribution in [2.45, 2.75) is 19.8 Å². The Hall–Kier alpha value is -1.75. The van der Waals surface area contributed by atoms with Crippen LogP contribution in [-0.2, 0) is 4.79 Å². The van der Waals surface area contributed by atoms with Gasteiger partial charge in [-0.2, -0.15) is 0 Å². The van der Waals surface area contributed by atoms with Gasteiger partial charge in [0, 0.05) is 31.9 Å². The van der Waals surface area contributed by atoms with Crippen molar-refractivity contribution in [1.29, 1.82) is 0 Å². The third-order valence-corrected chi connectivity index (χ3v) is 3.83. The van der Waals surface area contributed by atoms with Crippen molar-refractivity contribution >= 4 is 11.6 Å². The summed E-state index contributed by atoms with van der Waals surface area (Å²) in [6, 6.07) is 7.59. The number of carbonyl (C=O) groups excluding carboxylic acids is 1. The van der Waals surface area contributed by atoms with Crippen LogP contribution in [0.25, 0.3) is 0 Å². The lowest BCUT2D eigenvalue weighted by molar-refractivity contribution is -0.134. The van der Waals surface area contributed by atoms with Crippen molar-refractivity contribution in [2.24, 2.45) is 11.7 Å². The Labute approximate surface area is 126 Å². The topological polar surface area (TPSA) is 67.6 Å². The summed E-state index contributed by atoms with van der Waals surface area (Å²) < 4.78 is 5.56. The summed E-state index contributed by atoms with van der Waals surface area (Å²) in [5, 5.41) is 3.19. The van der Waals surface area contributed by atoms with Gasteiger partial charge in [0.05, 0.1) is 0 Å². The van der Waals surface area contributed by atoms with Gasteiger partial charge in [0.1, 0.15) is 5.75 Å². The fraction of sp³-hybridized carbons (Fsp3) is 0.562. The lowest BCUT2D eigenvalue weighted by Crippen LogP contribution is -2.40. The minimum Gasteiger partial charge on any atom is -0.484 e. The van der Waals surface area contributed by atoms with E-state index in [-0.39, 0.29) is 12.5 Å². The minimum atomic E-state index is 0.0761. The second-order valence-electron chi connectivity index (χ2n) is 5.59. The predicted molar refractivity (Wildman–Crippen MR) is 84.5 cm³/mol. The summed E-state index contributed by atoms with van der Waals surface area (Å²) in [6.45, 7) is 5.40. The molecule has 1 aliphatic heterocycles. The Morgan fingerprint density at radius 1 is 1.33 bits per heavy atom. The van der Waals surface area contributed by atoms with Crippen LogP contribution in [0.5, 0.6) is 5.75 Å². The molecule has 0 aliphatic carbocycles. The van der Waals surface area contributed by atoms with Gasteiger partial charge in [-0.25, -0.2) is 0 Å². The highest BCUT2D eigenvalue weighted by atomic mass is 16.5. The molecule has 0 radical (unpaired) electrons. The monoisotopic (exact) mass is 291 g/mol. The molecule has 1 aromatic carbocycles. The van der Waals surface area contributed by atoms with Crippen molar-refractivity contribution in [3.63, 3.8) is 0 Å². The van der Waals surface area contributed by atoms with E-state index in [0.29, 0.717) is 12.3 Å². The molecule has 1 amide bonds. The largest absolute Gasteiger partial charge is 0.484 e. The lowest BCUT2D eigenvalue weighted by Gasteiger charge is -2.30. The third-order valence-electron chi connectivity index (χ3n) is 3.83. The Morgan fingerprint density at radius 2 is 2.00 bits per heavy atom. The quantitative estimate of drug-likeness (QED) is 0.837. The van der Waals surface area contributed by atoms with Crippen LogP contribution in [0.15, 0.2) is 24.3 Å². The zero-order chi connectivity index (χ0) is 15.1. The number of ether oxygens (including phenoxy) is 1. The molecule has 1 aliphatic rings. The molecular weight excluding hydrogens is 266 g/mol. The molecule has 0 bridgehead atoms. The second kappa shape index (κ2) is 7.88. The molecule has 0 atom stereocenters. The van der Waals surface area contributed by atoms with E-state index in [0.717, 1.165) is 44.1 Å². The molecule has 21 heavy (non-hydrogen) atoms. The SMILES string of the molecule is CC1CCN(C(=O)COc2ccc(NCCN)cc2)CC1. The van der Waals surface area contributed by atoms with E-state index in [2.05, 4.69) is 12.2 Å². The number of carbonyl (C=O) groups is 1. The third kappa shape index (κ3) is 4.93. The molecule has 116 valence electrons. The first-order valence-electron chi connectivity index (χ1n) is 7.63. The smallest absolute Gasteiger partial charge is 0.260 e. The summed E-state index contributed by atoms with van der Waals surface area (Å²) in [5.41, 5.74) is 6.44. The Bertz CT molecular complexity index is 439. The van der Waals surface area contributed by atoms with Crippen LogP contribution in [-0.4, -0.2) is 43.6 Å². The highest BCUT2D eigenvalue weighted by Crippen LogP contribution is 2.18. The molecule has 5 nitrogen and oxygen atoms in total. The molecule has 1 heterocycles. The number of nitrogens with zero attached hydrogens (tertiary/aromatic N) is 1.